The summed E-state index contributed by atoms with van der Waals surface area (Å²) >= 11 is 0. The van der Waals surface area contributed by atoms with Gasteiger partial charge >= 0.3 is 21.7 Å². The van der Waals surface area contributed by atoms with E-state index in [-0.39, 0.29) is 46.5 Å². The van der Waals surface area contributed by atoms with Crippen molar-refractivity contribution in [1.82, 2.24) is 0 Å². The van der Waals surface area contributed by atoms with Gasteiger partial charge in [0, 0.05) is 12.2 Å². The van der Waals surface area contributed by atoms with Gasteiger partial charge in [-0.25, -0.2) is 12.2 Å². The van der Waals surface area contributed by atoms with E-state index >= 15 is 0 Å². The number of halogens is 2. The maximum Gasteiger partial charge on any atom is 3.00 e. The SMILES string of the molecule is CC(C)c1cccc(C(C)C)c1NCc1ccccc1.[C-]1=CC=CC1.[Cl-].[Cl-].[Ti+3]. The molecule has 1 radical (unpaired) electrons. The van der Waals surface area contributed by atoms with Crippen molar-refractivity contribution in [1.29, 1.82) is 0 Å². The van der Waals surface area contributed by atoms with E-state index in [2.05, 4.69) is 93.7 Å². The van der Waals surface area contributed by atoms with Gasteiger partial charge < -0.3 is 30.1 Å². The number of hydrogen-bond acceptors (Lipinski definition) is 1. The van der Waals surface area contributed by atoms with Crippen molar-refractivity contribution < 1.29 is 46.5 Å². The minimum absolute atomic E-state index is 0. The molecular formula is C24H30Cl2NTi. The largest absolute Gasteiger partial charge is 3.00 e. The standard InChI is InChI=1S/C19H25N.C5H5.2ClH.Ti/c1-14(2)17-11-8-12-18(15(3)4)19(17)20-13-16-9-6-5-7-10-16;1-2-4-5-3-1;;;/h5-12,14-15,20H,13H2,1-4H3;1-3H,4H2;2*1H;/q;-1;;;+3/p-2. The number of allylic oxidation sites excluding steroid dienone is 4. The molecule has 149 valence electrons. The first-order valence-corrected chi connectivity index (χ1v) is 9.22. The molecule has 0 aliphatic heterocycles. The number of benzene rings is 2. The zero-order valence-electron chi connectivity index (χ0n) is 17.2. The van der Waals surface area contributed by atoms with Crippen molar-refractivity contribution >= 4 is 5.69 Å². The third-order valence-corrected chi connectivity index (χ3v) is 4.27. The molecule has 0 fully saturated rings. The molecule has 1 aliphatic rings. The van der Waals surface area contributed by atoms with Crippen LogP contribution in [-0.2, 0) is 28.3 Å². The summed E-state index contributed by atoms with van der Waals surface area (Å²) in [5.74, 6) is 1.07. The van der Waals surface area contributed by atoms with Crippen molar-refractivity contribution in [3.05, 3.63) is 89.5 Å². The number of para-hydroxylation sites is 1. The first kappa shape index (κ1) is 29.2. The molecule has 1 nitrogen and oxygen atoms in total. The van der Waals surface area contributed by atoms with Crippen LogP contribution in [-0.4, -0.2) is 0 Å². The van der Waals surface area contributed by atoms with Crippen LogP contribution < -0.4 is 30.1 Å². The van der Waals surface area contributed by atoms with Crippen LogP contribution in [0.1, 0.15) is 62.6 Å². The Labute approximate surface area is 198 Å². The van der Waals surface area contributed by atoms with Crippen LogP contribution in [0.2, 0.25) is 0 Å². The Bertz CT molecular complexity index is 674. The minimum atomic E-state index is 0. The zero-order valence-corrected chi connectivity index (χ0v) is 20.2. The Balaban J connectivity index is 0. The molecule has 0 atom stereocenters. The van der Waals surface area contributed by atoms with Gasteiger partial charge in [-0.15, -0.1) is 6.42 Å². The van der Waals surface area contributed by atoms with E-state index in [9.17, 15) is 0 Å². The molecule has 0 saturated carbocycles. The van der Waals surface area contributed by atoms with E-state index in [1.165, 1.54) is 22.4 Å². The van der Waals surface area contributed by atoms with Crippen LogP contribution in [0.5, 0.6) is 0 Å². The molecule has 28 heavy (non-hydrogen) atoms. The van der Waals surface area contributed by atoms with Crippen LogP contribution in [0.25, 0.3) is 0 Å². The van der Waals surface area contributed by atoms with E-state index in [1.807, 2.05) is 12.2 Å². The number of nitrogens with one attached hydrogen (secondary N) is 1. The molecule has 0 spiro atoms. The van der Waals surface area contributed by atoms with Crippen LogP contribution >= 0.6 is 0 Å². The molecule has 0 unspecified atom stereocenters. The van der Waals surface area contributed by atoms with Gasteiger partial charge in [-0.1, -0.05) is 76.2 Å². The van der Waals surface area contributed by atoms with Crippen molar-refractivity contribution in [2.45, 2.75) is 52.5 Å². The molecule has 0 bridgehead atoms. The van der Waals surface area contributed by atoms with E-state index in [0.717, 1.165) is 13.0 Å². The van der Waals surface area contributed by atoms with Gasteiger partial charge in [0.05, 0.1) is 0 Å². The summed E-state index contributed by atoms with van der Waals surface area (Å²) in [6.07, 6.45) is 10.0. The first-order valence-electron chi connectivity index (χ1n) is 9.22. The molecule has 0 saturated heterocycles. The maximum atomic E-state index is 3.66. The van der Waals surface area contributed by atoms with Gasteiger partial charge in [0.25, 0.3) is 0 Å². The summed E-state index contributed by atoms with van der Waals surface area (Å²) in [6.45, 7) is 9.91. The number of anilines is 1. The monoisotopic (exact) mass is 450 g/mol. The smallest absolute Gasteiger partial charge is 1.00 e. The van der Waals surface area contributed by atoms with Crippen LogP contribution in [0.3, 0.4) is 0 Å². The topological polar surface area (TPSA) is 12.0 Å². The fourth-order valence-electron chi connectivity index (χ4n) is 2.88. The molecule has 2 aromatic carbocycles. The van der Waals surface area contributed by atoms with Crippen molar-refractivity contribution in [2.24, 2.45) is 0 Å². The zero-order chi connectivity index (χ0) is 18.1. The Morgan fingerprint density at radius 3 is 1.82 bits per heavy atom. The Hall–Kier alpha value is -0.986. The van der Waals surface area contributed by atoms with Crippen LogP contribution in [0.4, 0.5) is 5.69 Å². The quantitative estimate of drug-likeness (QED) is 0.526. The summed E-state index contributed by atoms with van der Waals surface area (Å²) < 4.78 is 0. The third kappa shape index (κ3) is 9.48. The van der Waals surface area contributed by atoms with Crippen molar-refractivity contribution in [3.63, 3.8) is 0 Å². The average molecular weight is 451 g/mol. The van der Waals surface area contributed by atoms with Gasteiger partial charge in [-0.3, -0.25) is 6.08 Å². The molecule has 3 rings (SSSR count). The van der Waals surface area contributed by atoms with Crippen molar-refractivity contribution in [3.8, 4) is 0 Å². The summed E-state index contributed by atoms with van der Waals surface area (Å²) in [5, 5.41) is 3.66. The van der Waals surface area contributed by atoms with Gasteiger partial charge in [0.1, 0.15) is 0 Å². The Morgan fingerprint density at radius 2 is 1.43 bits per heavy atom. The van der Waals surface area contributed by atoms with Gasteiger partial charge in [0.15, 0.2) is 0 Å². The van der Waals surface area contributed by atoms with E-state index < -0.39 is 0 Å². The average Bonchev–Trinajstić information content (AvgIpc) is 3.20. The molecule has 0 amide bonds. The molecule has 1 aliphatic carbocycles. The predicted molar refractivity (Wildman–Crippen MR) is 110 cm³/mol. The summed E-state index contributed by atoms with van der Waals surface area (Å²) in [7, 11) is 0. The molecule has 0 heterocycles. The van der Waals surface area contributed by atoms with Gasteiger partial charge in [-0.05, 0) is 28.5 Å². The van der Waals surface area contributed by atoms with Crippen LogP contribution in [0, 0.1) is 6.08 Å². The van der Waals surface area contributed by atoms with E-state index in [4.69, 9.17) is 0 Å². The van der Waals surface area contributed by atoms with Crippen molar-refractivity contribution in [2.75, 3.05) is 5.32 Å². The first-order chi connectivity index (χ1) is 12.1. The second-order valence-electron chi connectivity index (χ2n) is 6.96. The Kier molecular flexibility index (Phi) is 16.6. The van der Waals surface area contributed by atoms with E-state index in [1.54, 1.807) is 0 Å². The fourth-order valence-corrected chi connectivity index (χ4v) is 2.88. The summed E-state index contributed by atoms with van der Waals surface area (Å²) in [6, 6.07) is 17.2. The fraction of sp³-hybridized carbons (Fsp3) is 0.333. The summed E-state index contributed by atoms with van der Waals surface area (Å²) in [4.78, 5) is 0. The molecule has 1 N–H and O–H groups in total. The summed E-state index contributed by atoms with van der Waals surface area (Å²) in [5.41, 5.74) is 5.46. The molecular weight excluding hydrogens is 421 g/mol. The predicted octanol–water partition coefficient (Wildman–Crippen LogP) is 0.857. The minimum Gasteiger partial charge on any atom is -1.00 e. The molecule has 2 aromatic rings. The van der Waals surface area contributed by atoms with Crippen LogP contribution in [0.15, 0.2) is 66.8 Å². The number of hydrogen-bond donors (Lipinski definition) is 1. The second-order valence-corrected chi connectivity index (χ2v) is 6.96. The normalized spacial score (nSPS) is 11.1. The Morgan fingerprint density at radius 1 is 0.857 bits per heavy atom. The molecule has 0 aromatic heterocycles. The number of rotatable bonds is 5. The second kappa shape index (κ2) is 15.9. The van der Waals surface area contributed by atoms with Gasteiger partial charge in [0.2, 0.25) is 0 Å². The van der Waals surface area contributed by atoms with E-state index in [0.29, 0.717) is 11.8 Å². The molecule has 4 heteroatoms. The van der Waals surface area contributed by atoms with Gasteiger partial charge in [-0.2, -0.15) is 6.08 Å². The maximum absolute atomic E-state index is 3.66. The third-order valence-electron chi connectivity index (χ3n) is 4.27.